The molecule has 1 atom stereocenters. The van der Waals surface area contributed by atoms with Crippen molar-refractivity contribution in [1.29, 1.82) is 0 Å². The molecular formula is C13H20N2O2. The number of para-hydroxylation sites is 1. The predicted molar refractivity (Wildman–Crippen MR) is 69.4 cm³/mol. The lowest BCUT2D eigenvalue weighted by Crippen LogP contribution is -2.38. The Balaban J connectivity index is 2.56. The molecule has 0 radical (unpaired) electrons. The summed E-state index contributed by atoms with van der Waals surface area (Å²) in [5.74, 6) is -0.795. The molecule has 94 valence electrons. The number of hydrogen-bond acceptors (Lipinski definition) is 3. The number of carboxylic acid groups (broad SMARTS) is 1. The van der Waals surface area contributed by atoms with Crippen LogP contribution in [-0.4, -0.2) is 37.3 Å². The maximum absolute atomic E-state index is 10.9. The molecular weight excluding hydrogens is 216 g/mol. The van der Waals surface area contributed by atoms with Gasteiger partial charge in [-0.3, -0.25) is 4.79 Å². The van der Waals surface area contributed by atoms with E-state index in [1.807, 2.05) is 30.3 Å². The van der Waals surface area contributed by atoms with Crippen molar-refractivity contribution < 1.29 is 9.90 Å². The molecule has 0 saturated carbocycles. The third-order valence-electron chi connectivity index (χ3n) is 2.84. The summed E-state index contributed by atoms with van der Waals surface area (Å²) in [5, 5.41) is 11.8. The number of rotatable bonds is 7. The van der Waals surface area contributed by atoms with E-state index in [-0.39, 0.29) is 0 Å². The Morgan fingerprint density at radius 3 is 2.53 bits per heavy atom. The average Bonchev–Trinajstić information content (AvgIpc) is 2.35. The number of aliphatic carboxylic acids is 1. The van der Waals surface area contributed by atoms with Crippen LogP contribution in [0, 0.1) is 0 Å². The first-order chi connectivity index (χ1) is 8.19. The summed E-state index contributed by atoms with van der Waals surface area (Å²) >= 11 is 0. The van der Waals surface area contributed by atoms with E-state index in [1.165, 1.54) is 0 Å². The number of hydrogen-bond donors (Lipinski definition) is 2. The van der Waals surface area contributed by atoms with Gasteiger partial charge in [-0.1, -0.05) is 18.2 Å². The molecule has 0 saturated heterocycles. The Labute approximate surface area is 102 Å². The number of anilines is 1. The molecule has 1 rings (SSSR count). The zero-order valence-electron chi connectivity index (χ0n) is 10.4. The molecule has 4 heteroatoms. The van der Waals surface area contributed by atoms with Gasteiger partial charge in [-0.05, 0) is 32.5 Å². The number of nitrogens with zero attached hydrogens (tertiary/aromatic N) is 1. The second-order valence-corrected chi connectivity index (χ2v) is 3.88. The molecule has 0 spiro atoms. The largest absolute Gasteiger partial charge is 0.480 e. The molecule has 4 nitrogen and oxygen atoms in total. The monoisotopic (exact) mass is 236 g/mol. The Morgan fingerprint density at radius 2 is 2.06 bits per heavy atom. The maximum Gasteiger partial charge on any atom is 0.320 e. The van der Waals surface area contributed by atoms with Crippen molar-refractivity contribution in [3.8, 4) is 0 Å². The van der Waals surface area contributed by atoms with Gasteiger partial charge < -0.3 is 15.3 Å². The quantitative estimate of drug-likeness (QED) is 0.754. The highest BCUT2D eigenvalue weighted by Crippen LogP contribution is 2.13. The van der Waals surface area contributed by atoms with Crippen molar-refractivity contribution in [2.75, 3.05) is 25.0 Å². The second kappa shape index (κ2) is 6.91. The van der Waals surface area contributed by atoms with Crippen LogP contribution >= 0.6 is 0 Å². The number of likely N-dealkylation sites (N-methyl/N-ethyl adjacent to an activating group) is 1. The molecule has 0 heterocycles. The molecule has 17 heavy (non-hydrogen) atoms. The van der Waals surface area contributed by atoms with Crippen LogP contribution in [0.5, 0.6) is 0 Å². The third kappa shape index (κ3) is 4.07. The highest BCUT2D eigenvalue weighted by atomic mass is 16.4. The standard InChI is InChI=1S/C13H20N2O2/c1-3-15(11-7-5-4-6-8-11)10-9-12(14-2)13(16)17/h4-8,12,14H,3,9-10H2,1-2H3,(H,16,17). The number of carbonyl (C=O) groups is 1. The van der Waals surface area contributed by atoms with Gasteiger partial charge in [-0.25, -0.2) is 0 Å². The summed E-state index contributed by atoms with van der Waals surface area (Å²) < 4.78 is 0. The van der Waals surface area contributed by atoms with Crippen LogP contribution in [0.2, 0.25) is 0 Å². The molecule has 1 aromatic carbocycles. The van der Waals surface area contributed by atoms with Gasteiger partial charge in [0, 0.05) is 18.8 Å². The van der Waals surface area contributed by atoms with Crippen LogP contribution in [0.3, 0.4) is 0 Å². The van der Waals surface area contributed by atoms with Crippen LogP contribution in [-0.2, 0) is 4.79 Å². The van der Waals surface area contributed by atoms with Crippen molar-refractivity contribution in [3.63, 3.8) is 0 Å². The lowest BCUT2D eigenvalue weighted by molar-refractivity contribution is -0.139. The van der Waals surface area contributed by atoms with Crippen molar-refractivity contribution in [3.05, 3.63) is 30.3 Å². The van der Waals surface area contributed by atoms with Gasteiger partial charge in [0.25, 0.3) is 0 Å². The highest BCUT2D eigenvalue weighted by molar-refractivity contribution is 5.73. The van der Waals surface area contributed by atoms with E-state index >= 15 is 0 Å². The molecule has 0 bridgehead atoms. The molecule has 1 unspecified atom stereocenters. The van der Waals surface area contributed by atoms with E-state index in [0.717, 1.165) is 18.8 Å². The summed E-state index contributed by atoms with van der Waals surface area (Å²) in [6, 6.07) is 9.56. The van der Waals surface area contributed by atoms with Crippen LogP contribution < -0.4 is 10.2 Å². The smallest absolute Gasteiger partial charge is 0.320 e. The summed E-state index contributed by atoms with van der Waals surface area (Å²) in [4.78, 5) is 13.1. The summed E-state index contributed by atoms with van der Waals surface area (Å²) in [6.07, 6.45) is 0.592. The van der Waals surface area contributed by atoms with E-state index in [0.29, 0.717) is 6.42 Å². The molecule has 2 N–H and O–H groups in total. The van der Waals surface area contributed by atoms with Gasteiger partial charge in [0.1, 0.15) is 6.04 Å². The number of benzene rings is 1. The topological polar surface area (TPSA) is 52.6 Å². The fourth-order valence-corrected chi connectivity index (χ4v) is 1.78. The van der Waals surface area contributed by atoms with Crippen LogP contribution in [0.1, 0.15) is 13.3 Å². The maximum atomic E-state index is 10.9. The molecule has 0 amide bonds. The Hall–Kier alpha value is -1.55. The lowest BCUT2D eigenvalue weighted by Gasteiger charge is -2.24. The van der Waals surface area contributed by atoms with Crippen LogP contribution in [0.15, 0.2) is 30.3 Å². The van der Waals surface area contributed by atoms with Gasteiger partial charge >= 0.3 is 5.97 Å². The third-order valence-corrected chi connectivity index (χ3v) is 2.84. The summed E-state index contributed by atoms with van der Waals surface area (Å²) in [6.45, 7) is 3.68. The first kappa shape index (κ1) is 13.5. The van der Waals surface area contributed by atoms with Crippen molar-refractivity contribution in [2.45, 2.75) is 19.4 Å². The zero-order chi connectivity index (χ0) is 12.7. The van der Waals surface area contributed by atoms with Crippen LogP contribution in [0.4, 0.5) is 5.69 Å². The minimum absolute atomic E-state index is 0.479. The summed E-state index contributed by atoms with van der Waals surface area (Å²) in [7, 11) is 1.68. The molecule has 1 aromatic rings. The first-order valence-corrected chi connectivity index (χ1v) is 5.89. The lowest BCUT2D eigenvalue weighted by atomic mass is 10.2. The van der Waals surface area contributed by atoms with E-state index in [9.17, 15) is 4.79 Å². The fourth-order valence-electron chi connectivity index (χ4n) is 1.78. The fraction of sp³-hybridized carbons (Fsp3) is 0.462. The Kier molecular flexibility index (Phi) is 5.49. The zero-order valence-corrected chi connectivity index (χ0v) is 10.4. The normalized spacial score (nSPS) is 12.1. The Bertz CT molecular complexity index is 341. The predicted octanol–water partition coefficient (Wildman–Crippen LogP) is 1.58. The minimum atomic E-state index is -0.795. The Morgan fingerprint density at radius 1 is 1.41 bits per heavy atom. The highest BCUT2D eigenvalue weighted by Gasteiger charge is 2.15. The SMILES string of the molecule is CCN(CCC(NC)C(=O)O)c1ccccc1. The van der Waals surface area contributed by atoms with Crippen molar-refractivity contribution in [2.24, 2.45) is 0 Å². The number of nitrogens with one attached hydrogen (secondary N) is 1. The van der Waals surface area contributed by atoms with Gasteiger partial charge in [0.2, 0.25) is 0 Å². The van der Waals surface area contributed by atoms with Gasteiger partial charge in [-0.15, -0.1) is 0 Å². The van der Waals surface area contributed by atoms with E-state index in [1.54, 1.807) is 7.05 Å². The van der Waals surface area contributed by atoms with Crippen LogP contribution in [0.25, 0.3) is 0 Å². The van der Waals surface area contributed by atoms with Gasteiger partial charge in [0.15, 0.2) is 0 Å². The van der Waals surface area contributed by atoms with Crippen molar-refractivity contribution >= 4 is 11.7 Å². The molecule has 0 aliphatic rings. The second-order valence-electron chi connectivity index (χ2n) is 3.88. The van der Waals surface area contributed by atoms with Gasteiger partial charge in [-0.2, -0.15) is 0 Å². The summed E-state index contributed by atoms with van der Waals surface area (Å²) in [5.41, 5.74) is 1.13. The average molecular weight is 236 g/mol. The van der Waals surface area contributed by atoms with E-state index in [4.69, 9.17) is 5.11 Å². The molecule has 0 aliphatic heterocycles. The van der Waals surface area contributed by atoms with E-state index < -0.39 is 12.0 Å². The molecule has 0 fully saturated rings. The number of carboxylic acids is 1. The molecule has 0 aliphatic carbocycles. The minimum Gasteiger partial charge on any atom is -0.480 e. The van der Waals surface area contributed by atoms with Gasteiger partial charge in [0.05, 0.1) is 0 Å². The first-order valence-electron chi connectivity index (χ1n) is 5.89. The van der Waals surface area contributed by atoms with E-state index in [2.05, 4.69) is 17.1 Å². The molecule has 0 aromatic heterocycles. The van der Waals surface area contributed by atoms with Crippen molar-refractivity contribution in [1.82, 2.24) is 5.32 Å².